The molecule has 2 aromatic rings. The average molecular weight is 322 g/mol. The van der Waals surface area contributed by atoms with Gasteiger partial charge in [0.2, 0.25) is 0 Å². The monoisotopic (exact) mass is 321 g/mol. The highest BCUT2D eigenvalue weighted by Crippen LogP contribution is 2.23. The molecule has 110 valence electrons. The molecule has 1 N–H and O–H groups in total. The van der Waals surface area contributed by atoms with Crippen molar-refractivity contribution in [3.8, 4) is 0 Å². The van der Waals surface area contributed by atoms with Gasteiger partial charge in [-0.3, -0.25) is 4.79 Å². The van der Waals surface area contributed by atoms with E-state index in [9.17, 15) is 4.79 Å². The summed E-state index contributed by atoms with van der Waals surface area (Å²) >= 11 is 12.1. The van der Waals surface area contributed by atoms with Crippen LogP contribution in [0, 0.1) is 6.92 Å². The largest absolute Gasteiger partial charge is 0.342 e. The van der Waals surface area contributed by atoms with Crippen molar-refractivity contribution in [3.63, 3.8) is 0 Å². The van der Waals surface area contributed by atoms with Gasteiger partial charge in [0.15, 0.2) is 0 Å². The maximum absolute atomic E-state index is 12.4. The molecule has 1 atom stereocenters. The molecule has 0 aliphatic heterocycles. The number of carbonyl (C=O) groups excluding carboxylic acids is 1. The fourth-order valence-electron chi connectivity index (χ4n) is 2.10. The summed E-state index contributed by atoms with van der Waals surface area (Å²) in [5.41, 5.74) is 1.80. The topological polar surface area (TPSA) is 29.1 Å². The summed E-state index contributed by atoms with van der Waals surface area (Å²) in [6.07, 6.45) is 0. The molecule has 0 saturated carbocycles. The molecule has 0 aliphatic carbocycles. The predicted octanol–water partition coefficient (Wildman–Crippen LogP) is 4.53. The van der Waals surface area contributed by atoms with Gasteiger partial charge in [0, 0.05) is 16.5 Å². The van der Waals surface area contributed by atoms with Crippen LogP contribution in [0.25, 0.3) is 0 Å². The Morgan fingerprint density at radius 1 is 1.19 bits per heavy atom. The second kappa shape index (κ2) is 6.50. The SMILES string of the molecule is Cc1cc(C(=O)NC(C)(CCl)c2ccccc2)ccc1Cl. The zero-order valence-corrected chi connectivity index (χ0v) is 13.5. The molecule has 1 amide bonds. The average Bonchev–Trinajstić information content (AvgIpc) is 2.50. The molecule has 2 rings (SSSR count). The normalized spacial score (nSPS) is 13.5. The van der Waals surface area contributed by atoms with Crippen molar-refractivity contribution in [3.05, 3.63) is 70.2 Å². The molecule has 2 nitrogen and oxygen atoms in total. The quantitative estimate of drug-likeness (QED) is 0.823. The van der Waals surface area contributed by atoms with Crippen molar-refractivity contribution in [2.75, 3.05) is 5.88 Å². The van der Waals surface area contributed by atoms with Crippen molar-refractivity contribution in [2.24, 2.45) is 0 Å². The first kappa shape index (κ1) is 15.9. The lowest BCUT2D eigenvalue weighted by Gasteiger charge is -2.29. The molecule has 0 fully saturated rings. The summed E-state index contributed by atoms with van der Waals surface area (Å²) < 4.78 is 0. The molecule has 2 aromatic carbocycles. The van der Waals surface area contributed by atoms with Crippen molar-refractivity contribution < 1.29 is 4.79 Å². The van der Waals surface area contributed by atoms with Gasteiger partial charge in [-0.25, -0.2) is 0 Å². The van der Waals surface area contributed by atoms with E-state index in [-0.39, 0.29) is 11.8 Å². The predicted molar refractivity (Wildman–Crippen MR) is 88.2 cm³/mol. The van der Waals surface area contributed by atoms with Crippen LogP contribution < -0.4 is 5.32 Å². The molecule has 0 aliphatic rings. The molecule has 0 spiro atoms. The molecule has 1 unspecified atom stereocenters. The number of aryl methyl sites for hydroxylation is 1. The van der Waals surface area contributed by atoms with Crippen molar-refractivity contribution in [1.29, 1.82) is 0 Å². The van der Waals surface area contributed by atoms with Gasteiger partial charge in [0.1, 0.15) is 0 Å². The summed E-state index contributed by atoms with van der Waals surface area (Å²) in [7, 11) is 0. The molecule has 0 saturated heterocycles. The molecule has 0 aromatic heterocycles. The Hall–Kier alpha value is -1.51. The van der Waals surface area contributed by atoms with Crippen LogP contribution in [0.2, 0.25) is 5.02 Å². The number of amides is 1. The van der Waals surface area contributed by atoms with E-state index in [4.69, 9.17) is 23.2 Å². The van der Waals surface area contributed by atoms with Crippen LogP contribution in [-0.4, -0.2) is 11.8 Å². The number of hydrogen-bond acceptors (Lipinski definition) is 1. The lowest BCUT2D eigenvalue weighted by Crippen LogP contribution is -2.45. The van der Waals surface area contributed by atoms with Gasteiger partial charge in [0.25, 0.3) is 5.91 Å². The van der Waals surface area contributed by atoms with Crippen molar-refractivity contribution in [1.82, 2.24) is 5.32 Å². The first-order chi connectivity index (χ1) is 9.96. The summed E-state index contributed by atoms with van der Waals surface area (Å²) in [5.74, 6) is 0.122. The third kappa shape index (κ3) is 3.58. The van der Waals surface area contributed by atoms with E-state index >= 15 is 0 Å². The summed E-state index contributed by atoms with van der Waals surface area (Å²) in [6, 6.07) is 14.9. The second-order valence-electron chi connectivity index (χ2n) is 5.25. The Kier molecular flexibility index (Phi) is 4.92. The molecule has 0 bridgehead atoms. The summed E-state index contributed by atoms with van der Waals surface area (Å²) in [6.45, 7) is 3.78. The van der Waals surface area contributed by atoms with Gasteiger partial charge in [-0.15, -0.1) is 11.6 Å². The number of halogens is 2. The Balaban J connectivity index is 2.26. The van der Waals surface area contributed by atoms with Gasteiger partial charge in [0.05, 0.1) is 5.54 Å². The first-order valence-corrected chi connectivity index (χ1v) is 7.58. The zero-order chi connectivity index (χ0) is 15.5. The van der Waals surface area contributed by atoms with Crippen molar-refractivity contribution in [2.45, 2.75) is 19.4 Å². The number of carbonyl (C=O) groups is 1. The van der Waals surface area contributed by atoms with Crippen LogP contribution >= 0.6 is 23.2 Å². The summed E-state index contributed by atoms with van der Waals surface area (Å²) in [4.78, 5) is 12.4. The summed E-state index contributed by atoms with van der Waals surface area (Å²) in [5, 5.41) is 3.66. The Bertz CT molecular complexity index is 642. The highest BCUT2D eigenvalue weighted by molar-refractivity contribution is 6.31. The minimum atomic E-state index is -0.618. The Morgan fingerprint density at radius 2 is 1.86 bits per heavy atom. The van der Waals surface area contributed by atoms with Gasteiger partial charge >= 0.3 is 0 Å². The fraction of sp³-hybridized carbons (Fsp3) is 0.235. The van der Waals surface area contributed by atoms with Crippen LogP contribution in [0.15, 0.2) is 48.5 Å². The number of nitrogens with one attached hydrogen (secondary N) is 1. The van der Waals surface area contributed by atoms with Crippen LogP contribution in [-0.2, 0) is 5.54 Å². The molecule has 0 radical (unpaired) electrons. The highest BCUT2D eigenvalue weighted by atomic mass is 35.5. The third-order valence-electron chi connectivity index (χ3n) is 3.49. The van der Waals surface area contributed by atoms with Gasteiger partial charge < -0.3 is 5.32 Å². The lowest BCUT2D eigenvalue weighted by molar-refractivity contribution is 0.0913. The highest BCUT2D eigenvalue weighted by Gasteiger charge is 2.28. The van der Waals surface area contributed by atoms with Gasteiger partial charge in [-0.1, -0.05) is 41.9 Å². The Morgan fingerprint density at radius 3 is 2.43 bits per heavy atom. The molecule has 0 heterocycles. The molecule has 21 heavy (non-hydrogen) atoms. The van der Waals surface area contributed by atoms with E-state index in [1.54, 1.807) is 18.2 Å². The Labute approximate surface area is 135 Å². The van der Waals surface area contributed by atoms with Crippen LogP contribution in [0.5, 0.6) is 0 Å². The number of alkyl halides is 1. The van der Waals surface area contributed by atoms with Crippen LogP contribution in [0.4, 0.5) is 0 Å². The van der Waals surface area contributed by atoms with Crippen LogP contribution in [0.1, 0.15) is 28.4 Å². The minimum absolute atomic E-state index is 0.165. The lowest BCUT2D eigenvalue weighted by atomic mass is 9.93. The third-order valence-corrected chi connectivity index (χ3v) is 4.45. The van der Waals surface area contributed by atoms with Crippen molar-refractivity contribution >= 4 is 29.1 Å². The molecule has 4 heteroatoms. The number of benzene rings is 2. The zero-order valence-electron chi connectivity index (χ0n) is 12.0. The van der Waals surface area contributed by atoms with E-state index in [0.29, 0.717) is 10.6 Å². The maximum Gasteiger partial charge on any atom is 0.252 e. The minimum Gasteiger partial charge on any atom is -0.342 e. The van der Waals surface area contributed by atoms with E-state index in [2.05, 4.69) is 5.32 Å². The molecular formula is C17H17Cl2NO. The maximum atomic E-state index is 12.4. The molecular weight excluding hydrogens is 305 g/mol. The second-order valence-corrected chi connectivity index (χ2v) is 5.92. The van der Waals surface area contributed by atoms with Gasteiger partial charge in [-0.2, -0.15) is 0 Å². The van der Waals surface area contributed by atoms with Gasteiger partial charge in [-0.05, 0) is 43.2 Å². The fourth-order valence-corrected chi connectivity index (χ4v) is 2.44. The van der Waals surface area contributed by atoms with Crippen LogP contribution in [0.3, 0.4) is 0 Å². The standard InChI is InChI=1S/C17H17Cl2NO/c1-12-10-13(8-9-15(12)19)16(21)20-17(2,11-18)14-6-4-3-5-7-14/h3-10H,11H2,1-2H3,(H,20,21). The van der Waals surface area contributed by atoms with E-state index in [1.807, 2.05) is 44.2 Å². The first-order valence-electron chi connectivity index (χ1n) is 6.66. The van der Waals surface area contributed by atoms with E-state index in [0.717, 1.165) is 11.1 Å². The number of hydrogen-bond donors (Lipinski definition) is 1. The number of rotatable bonds is 4. The van der Waals surface area contributed by atoms with E-state index < -0.39 is 5.54 Å². The smallest absolute Gasteiger partial charge is 0.252 e. The van der Waals surface area contributed by atoms with E-state index in [1.165, 1.54) is 0 Å².